The highest BCUT2D eigenvalue weighted by Gasteiger charge is 2.51. The molecule has 0 saturated heterocycles. The standard InChI is InChI=1S/C53H37N3OSi/c1-4-17-37(18-5-1)51-43-25-10-11-26-44(43)52-45(51)30-32-49-53(52)56(50-28-13-15-34-55-50)47-36-40(57-39-20-16-19-38(35-39)46-27-12-14-33-54-46)29-31-48(47)58(49,41-21-6-2-7-22-41)42-23-8-3-9-24-42/h1-36,51H. The summed E-state index contributed by atoms with van der Waals surface area (Å²) in [5, 5.41) is 5.27. The van der Waals surface area contributed by atoms with E-state index in [0.29, 0.717) is 0 Å². The first-order valence-electron chi connectivity index (χ1n) is 19.8. The minimum absolute atomic E-state index is 0.0928. The molecule has 1 atom stereocenters. The number of aromatic nitrogens is 2. The molecule has 9 aromatic rings. The van der Waals surface area contributed by atoms with Gasteiger partial charge in [0.2, 0.25) is 0 Å². The smallest absolute Gasteiger partial charge is 0.184 e. The molecular weight excluding hydrogens is 723 g/mol. The maximum Gasteiger partial charge on any atom is 0.184 e. The second kappa shape index (κ2) is 14.0. The third-order valence-electron chi connectivity index (χ3n) is 11.8. The Morgan fingerprint density at radius 1 is 0.483 bits per heavy atom. The van der Waals surface area contributed by atoms with Gasteiger partial charge in [0.05, 0.1) is 17.1 Å². The van der Waals surface area contributed by atoms with Crippen LogP contribution in [0.1, 0.15) is 22.6 Å². The summed E-state index contributed by atoms with van der Waals surface area (Å²) in [6.45, 7) is 0. The lowest BCUT2D eigenvalue weighted by atomic mass is 9.89. The molecule has 0 spiro atoms. The van der Waals surface area contributed by atoms with E-state index in [0.717, 1.165) is 34.3 Å². The van der Waals surface area contributed by atoms with E-state index in [4.69, 9.17) is 9.72 Å². The van der Waals surface area contributed by atoms with Gasteiger partial charge in [0.1, 0.15) is 17.3 Å². The van der Waals surface area contributed by atoms with Crippen molar-refractivity contribution < 1.29 is 4.74 Å². The SMILES string of the molecule is c1ccc(C2c3ccccc3-c3c2ccc2c3N(c3ccccn3)c3cc(Oc4cccc(-c5ccccn5)c4)ccc3[Si]2(c2ccccc2)c2ccccc2)cc1. The van der Waals surface area contributed by atoms with E-state index >= 15 is 0 Å². The maximum absolute atomic E-state index is 6.82. The molecule has 4 nitrogen and oxygen atoms in total. The summed E-state index contributed by atoms with van der Waals surface area (Å²) in [5.41, 5.74) is 10.6. The zero-order valence-corrected chi connectivity index (χ0v) is 32.6. The van der Waals surface area contributed by atoms with Gasteiger partial charge in [-0.3, -0.25) is 9.88 Å². The molecule has 7 aromatic carbocycles. The van der Waals surface area contributed by atoms with Crippen LogP contribution in [0, 0.1) is 0 Å². The fourth-order valence-corrected chi connectivity index (χ4v) is 14.5. The lowest BCUT2D eigenvalue weighted by Crippen LogP contribution is -2.77. The summed E-state index contributed by atoms with van der Waals surface area (Å²) in [6, 6.07) is 74.2. The first-order chi connectivity index (χ1) is 28.8. The molecule has 1 aliphatic carbocycles. The van der Waals surface area contributed by atoms with Crippen LogP contribution in [0.25, 0.3) is 22.4 Å². The Morgan fingerprint density at radius 2 is 1.14 bits per heavy atom. The van der Waals surface area contributed by atoms with Crippen LogP contribution < -0.4 is 30.4 Å². The van der Waals surface area contributed by atoms with Crippen molar-refractivity contribution in [2.45, 2.75) is 5.92 Å². The number of fused-ring (bicyclic) bond motifs is 6. The molecule has 0 N–H and O–H groups in total. The average Bonchev–Trinajstić information content (AvgIpc) is 3.64. The van der Waals surface area contributed by atoms with Crippen LogP contribution >= 0.6 is 0 Å². The molecule has 2 aromatic heterocycles. The summed E-state index contributed by atoms with van der Waals surface area (Å²) in [5.74, 6) is 2.45. The van der Waals surface area contributed by atoms with Crippen molar-refractivity contribution in [2.24, 2.45) is 0 Å². The van der Waals surface area contributed by atoms with Crippen molar-refractivity contribution >= 4 is 46.0 Å². The van der Waals surface area contributed by atoms with E-state index in [-0.39, 0.29) is 5.92 Å². The van der Waals surface area contributed by atoms with Crippen LogP contribution in [-0.2, 0) is 0 Å². The van der Waals surface area contributed by atoms with Crippen molar-refractivity contribution in [1.82, 2.24) is 9.97 Å². The van der Waals surface area contributed by atoms with Crippen LogP contribution in [-0.4, -0.2) is 18.0 Å². The van der Waals surface area contributed by atoms with E-state index in [1.54, 1.807) is 0 Å². The highest BCUT2D eigenvalue weighted by Crippen LogP contribution is 2.54. The molecule has 0 saturated carbocycles. The second-order valence-corrected chi connectivity index (χ2v) is 18.6. The van der Waals surface area contributed by atoms with E-state index in [1.165, 1.54) is 54.3 Å². The third kappa shape index (κ3) is 5.35. The van der Waals surface area contributed by atoms with Gasteiger partial charge in [-0.25, -0.2) is 4.98 Å². The molecule has 0 amide bonds. The molecule has 58 heavy (non-hydrogen) atoms. The lowest BCUT2D eigenvalue weighted by Gasteiger charge is -2.45. The van der Waals surface area contributed by atoms with Crippen LogP contribution in [0.4, 0.5) is 17.2 Å². The van der Waals surface area contributed by atoms with Crippen molar-refractivity contribution in [1.29, 1.82) is 0 Å². The predicted molar refractivity (Wildman–Crippen MR) is 239 cm³/mol. The molecule has 0 radical (unpaired) electrons. The minimum Gasteiger partial charge on any atom is -0.457 e. The van der Waals surface area contributed by atoms with Crippen molar-refractivity contribution in [3.8, 4) is 33.9 Å². The number of ether oxygens (including phenoxy) is 1. The molecule has 11 rings (SSSR count). The topological polar surface area (TPSA) is 38.2 Å². The van der Waals surface area contributed by atoms with Gasteiger partial charge in [0, 0.05) is 35.5 Å². The summed E-state index contributed by atoms with van der Waals surface area (Å²) in [4.78, 5) is 12.1. The fourth-order valence-electron chi connectivity index (χ4n) is 9.43. The first-order valence-corrected chi connectivity index (χ1v) is 21.8. The summed E-state index contributed by atoms with van der Waals surface area (Å²) in [7, 11) is -3.02. The quantitative estimate of drug-likeness (QED) is 0.152. The van der Waals surface area contributed by atoms with Crippen LogP contribution in [0.3, 0.4) is 0 Å². The molecular formula is C53H37N3OSi. The Morgan fingerprint density at radius 3 is 1.86 bits per heavy atom. The Balaban J connectivity index is 1.22. The second-order valence-electron chi connectivity index (χ2n) is 14.9. The van der Waals surface area contributed by atoms with E-state index in [1.807, 2.05) is 48.8 Å². The summed E-state index contributed by atoms with van der Waals surface area (Å²) in [6.07, 6.45) is 3.72. The minimum atomic E-state index is -3.02. The van der Waals surface area contributed by atoms with Gasteiger partial charge >= 0.3 is 0 Å². The number of hydrogen-bond acceptors (Lipinski definition) is 4. The number of nitrogens with zero attached hydrogens (tertiary/aromatic N) is 3. The molecule has 1 unspecified atom stereocenters. The van der Waals surface area contributed by atoms with Gasteiger partial charge in [-0.1, -0.05) is 158 Å². The van der Waals surface area contributed by atoms with Crippen molar-refractivity contribution in [2.75, 3.05) is 4.90 Å². The Labute approximate surface area is 339 Å². The maximum atomic E-state index is 6.82. The number of benzene rings is 7. The Bertz CT molecular complexity index is 2880. The summed E-state index contributed by atoms with van der Waals surface area (Å²) >= 11 is 0. The average molecular weight is 760 g/mol. The van der Waals surface area contributed by atoms with Gasteiger partial charge < -0.3 is 4.74 Å². The first kappa shape index (κ1) is 33.9. The number of pyridine rings is 2. The number of rotatable bonds is 7. The van der Waals surface area contributed by atoms with Crippen molar-refractivity contribution in [3.63, 3.8) is 0 Å². The van der Waals surface area contributed by atoms with Gasteiger partial charge in [0.25, 0.3) is 0 Å². The van der Waals surface area contributed by atoms with Crippen LogP contribution in [0.2, 0.25) is 0 Å². The molecule has 2 aliphatic rings. The van der Waals surface area contributed by atoms with E-state index in [2.05, 4.69) is 180 Å². The molecule has 274 valence electrons. The predicted octanol–water partition coefficient (Wildman–Crippen LogP) is 10.3. The zero-order valence-electron chi connectivity index (χ0n) is 31.6. The zero-order chi connectivity index (χ0) is 38.5. The Hall–Kier alpha value is -7.34. The van der Waals surface area contributed by atoms with Crippen LogP contribution in [0.15, 0.2) is 219 Å². The number of anilines is 3. The molecule has 3 heterocycles. The Kier molecular flexibility index (Phi) is 8.19. The molecule has 0 bridgehead atoms. The monoisotopic (exact) mass is 759 g/mol. The number of hydrogen-bond donors (Lipinski definition) is 0. The van der Waals surface area contributed by atoms with E-state index in [9.17, 15) is 0 Å². The highest BCUT2D eigenvalue weighted by molar-refractivity contribution is 7.21. The largest absolute Gasteiger partial charge is 0.457 e. The van der Waals surface area contributed by atoms with Gasteiger partial charge in [-0.2, -0.15) is 0 Å². The van der Waals surface area contributed by atoms with Gasteiger partial charge in [-0.15, -0.1) is 0 Å². The van der Waals surface area contributed by atoms with Crippen LogP contribution in [0.5, 0.6) is 11.5 Å². The lowest BCUT2D eigenvalue weighted by molar-refractivity contribution is 0.483. The molecule has 5 heteroatoms. The molecule has 1 aliphatic heterocycles. The normalized spacial score (nSPS) is 14.5. The van der Waals surface area contributed by atoms with Gasteiger partial charge in [-0.05, 0) is 85.5 Å². The van der Waals surface area contributed by atoms with E-state index < -0.39 is 8.07 Å². The van der Waals surface area contributed by atoms with Crippen molar-refractivity contribution in [3.05, 3.63) is 235 Å². The highest BCUT2D eigenvalue weighted by atomic mass is 28.3. The third-order valence-corrected chi connectivity index (χ3v) is 16.6. The molecule has 0 fully saturated rings. The summed E-state index contributed by atoms with van der Waals surface area (Å²) < 4.78 is 6.82. The fraction of sp³-hybridized carbons (Fsp3) is 0.0189. The van der Waals surface area contributed by atoms with Gasteiger partial charge in [0.15, 0.2) is 8.07 Å².